The maximum absolute atomic E-state index is 10.2. The van der Waals surface area contributed by atoms with E-state index in [2.05, 4.69) is 4.74 Å². The Hall–Kier alpha value is -0.530. The molecule has 1 aliphatic rings. The van der Waals surface area contributed by atoms with Gasteiger partial charge >= 0.3 is 5.97 Å². The minimum atomic E-state index is -0.0625. The first-order valence-corrected chi connectivity index (χ1v) is 2.42. The third-order valence-electron chi connectivity index (χ3n) is 1.38. The maximum Gasteiger partial charge on any atom is 0.312 e. The number of rotatable bonds is 0. The van der Waals surface area contributed by atoms with Crippen LogP contribution >= 0.6 is 0 Å². The largest absolute Gasteiger partial charge is 0.461 e. The van der Waals surface area contributed by atoms with E-state index >= 15 is 0 Å². The summed E-state index contributed by atoms with van der Waals surface area (Å²) in [5.74, 6) is 0.0764. The molecule has 1 heterocycles. The van der Waals surface area contributed by atoms with Gasteiger partial charge < -0.3 is 4.74 Å². The third kappa shape index (κ3) is 0.501. The van der Waals surface area contributed by atoms with Crippen LogP contribution in [0.4, 0.5) is 0 Å². The highest BCUT2D eigenvalue weighted by molar-refractivity contribution is 5.77. The molecule has 7 heavy (non-hydrogen) atoms. The number of esters is 1. The molecule has 0 aromatic heterocycles. The number of cyclic esters (lactones) is 1. The van der Waals surface area contributed by atoms with Crippen LogP contribution in [0.25, 0.3) is 0 Å². The summed E-state index contributed by atoms with van der Waals surface area (Å²) in [6, 6.07) is 0. The van der Waals surface area contributed by atoms with Crippen LogP contribution in [-0.2, 0) is 9.53 Å². The molecule has 2 atom stereocenters. The highest BCUT2D eigenvalue weighted by Crippen LogP contribution is 2.19. The molecule has 0 spiro atoms. The van der Waals surface area contributed by atoms with E-state index in [0.29, 0.717) is 0 Å². The molecular weight excluding hydrogens is 92.1 g/mol. The zero-order valence-corrected chi connectivity index (χ0v) is 4.47. The third-order valence-corrected chi connectivity index (χ3v) is 1.38. The molecular formula is C5H8O2. The predicted octanol–water partition coefficient (Wildman–Crippen LogP) is 0.568. The highest BCUT2D eigenvalue weighted by Gasteiger charge is 2.34. The van der Waals surface area contributed by atoms with Crippen molar-refractivity contribution in [2.75, 3.05) is 0 Å². The van der Waals surface area contributed by atoms with Crippen LogP contribution in [0, 0.1) is 5.92 Å². The van der Waals surface area contributed by atoms with E-state index in [1.165, 1.54) is 0 Å². The fourth-order valence-corrected chi connectivity index (χ4v) is 0.512. The Morgan fingerprint density at radius 2 is 2.14 bits per heavy atom. The van der Waals surface area contributed by atoms with E-state index in [0.717, 1.165) is 0 Å². The van der Waals surface area contributed by atoms with Crippen LogP contribution in [-0.4, -0.2) is 12.1 Å². The standard InChI is InChI=1S/C5H8O2/c1-3-4(2)7-5(3)6/h3-4H,1-2H3/t3?,4-/m0/s1. The van der Waals surface area contributed by atoms with Gasteiger partial charge in [0.15, 0.2) is 0 Å². The smallest absolute Gasteiger partial charge is 0.312 e. The van der Waals surface area contributed by atoms with Crippen molar-refractivity contribution in [3.8, 4) is 0 Å². The summed E-state index contributed by atoms with van der Waals surface area (Å²) >= 11 is 0. The first-order chi connectivity index (χ1) is 3.22. The lowest BCUT2D eigenvalue weighted by molar-refractivity contribution is -0.179. The average molecular weight is 100 g/mol. The predicted molar refractivity (Wildman–Crippen MR) is 24.7 cm³/mol. The molecule has 1 unspecified atom stereocenters. The molecule has 0 bridgehead atoms. The molecule has 0 aromatic rings. The second-order valence-corrected chi connectivity index (χ2v) is 1.93. The Labute approximate surface area is 42.5 Å². The average Bonchev–Trinajstić information content (AvgIpc) is 1.68. The Kier molecular flexibility index (Phi) is 0.805. The Morgan fingerprint density at radius 3 is 2.14 bits per heavy atom. The maximum atomic E-state index is 10.2. The summed E-state index contributed by atoms with van der Waals surface area (Å²) in [7, 11) is 0. The molecule has 0 amide bonds. The van der Waals surface area contributed by atoms with Gasteiger partial charge in [-0.05, 0) is 13.8 Å². The second kappa shape index (κ2) is 1.22. The van der Waals surface area contributed by atoms with Gasteiger partial charge in [0, 0.05) is 0 Å². The monoisotopic (exact) mass is 100 g/mol. The van der Waals surface area contributed by atoms with E-state index in [-0.39, 0.29) is 18.0 Å². The number of carbonyl (C=O) groups is 1. The van der Waals surface area contributed by atoms with Crippen LogP contribution in [0.3, 0.4) is 0 Å². The molecule has 0 radical (unpaired) electrons. The molecule has 2 nitrogen and oxygen atoms in total. The summed E-state index contributed by atoms with van der Waals surface area (Å²) in [6.07, 6.45) is 0.160. The summed E-state index contributed by atoms with van der Waals surface area (Å²) in [4.78, 5) is 10.2. The Morgan fingerprint density at radius 1 is 1.57 bits per heavy atom. The molecule has 1 saturated heterocycles. The van der Waals surface area contributed by atoms with Crippen molar-refractivity contribution in [1.29, 1.82) is 0 Å². The Bertz CT molecular complexity index is 98.3. The van der Waals surface area contributed by atoms with E-state index < -0.39 is 0 Å². The first-order valence-electron chi connectivity index (χ1n) is 2.42. The minimum Gasteiger partial charge on any atom is -0.461 e. The molecule has 0 aliphatic carbocycles. The van der Waals surface area contributed by atoms with Gasteiger partial charge in [-0.3, -0.25) is 4.79 Å². The molecule has 1 fully saturated rings. The van der Waals surface area contributed by atoms with E-state index in [1.54, 1.807) is 0 Å². The van der Waals surface area contributed by atoms with E-state index in [1.807, 2.05) is 13.8 Å². The van der Waals surface area contributed by atoms with Crippen LogP contribution < -0.4 is 0 Å². The molecule has 1 rings (SSSR count). The number of carbonyl (C=O) groups excluding carboxylic acids is 1. The number of hydrogen-bond acceptors (Lipinski definition) is 2. The number of ether oxygens (including phenoxy) is 1. The van der Waals surface area contributed by atoms with Gasteiger partial charge in [0.25, 0.3) is 0 Å². The number of hydrogen-bond donors (Lipinski definition) is 0. The van der Waals surface area contributed by atoms with Crippen LogP contribution in [0.2, 0.25) is 0 Å². The topological polar surface area (TPSA) is 26.3 Å². The molecule has 1 aliphatic heterocycles. The van der Waals surface area contributed by atoms with Gasteiger partial charge in [-0.15, -0.1) is 0 Å². The van der Waals surface area contributed by atoms with Crippen molar-refractivity contribution in [1.82, 2.24) is 0 Å². The quantitative estimate of drug-likeness (QED) is 0.416. The van der Waals surface area contributed by atoms with Crippen LogP contribution in [0.5, 0.6) is 0 Å². The summed E-state index contributed by atoms with van der Waals surface area (Å²) in [5.41, 5.74) is 0. The Balaban J connectivity index is 2.43. The normalized spacial score (nSPS) is 39.4. The van der Waals surface area contributed by atoms with Crippen molar-refractivity contribution in [2.45, 2.75) is 20.0 Å². The van der Waals surface area contributed by atoms with Gasteiger partial charge in [0.2, 0.25) is 0 Å². The zero-order valence-electron chi connectivity index (χ0n) is 4.47. The summed E-state index contributed by atoms with van der Waals surface area (Å²) < 4.78 is 4.61. The lowest BCUT2D eigenvalue weighted by atomic mass is 10.0. The second-order valence-electron chi connectivity index (χ2n) is 1.93. The van der Waals surface area contributed by atoms with Crippen molar-refractivity contribution >= 4 is 5.97 Å². The first kappa shape index (κ1) is 4.62. The lowest BCUT2D eigenvalue weighted by Crippen LogP contribution is -2.40. The van der Waals surface area contributed by atoms with E-state index in [4.69, 9.17) is 0 Å². The van der Waals surface area contributed by atoms with Crippen molar-refractivity contribution in [3.63, 3.8) is 0 Å². The minimum absolute atomic E-state index is 0.0625. The summed E-state index contributed by atoms with van der Waals surface area (Å²) in [6.45, 7) is 3.77. The van der Waals surface area contributed by atoms with Crippen molar-refractivity contribution in [2.24, 2.45) is 5.92 Å². The molecule has 40 valence electrons. The van der Waals surface area contributed by atoms with Gasteiger partial charge in [0.1, 0.15) is 6.10 Å². The summed E-state index contributed by atoms with van der Waals surface area (Å²) in [5, 5.41) is 0. The van der Waals surface area contributed by atoms with Crippen molar-refractivity contribution < 1.29 is 9.53 Å². The lowest BCUT2D eigenvalue weighted by Gasteiger charge is -2.28. The fourth-order valence-electron chi connectivity index (χ4n) is 0.512. The molecule has 0 N–H and O–H groups in total. The molecule has 0 saturated carbocycles. The van der Waals surface area contributed by atoms with Gasteiger partial charge in [-0.25, -0.2) is 0 Å². The van der Waals surface area contributed by atoms with Gasteiger partial charge in [-0.2, -0.15) is 0 Å². The highest BCUT2D eigenvalue weighted by atomic mass is 16.6. The van der Waals surface area contributed by atoms with Gasteiger partial charge in [0.05, 0.1) is 5.92 Å². The van der Waals surface area contributed by atoms with Crippen LogP contribution in [0.1, 0.15) is 13.8 Å². The van der Waals surface area contributed by atoms with Crippen molar-refractivity contribution in [3.05, 3.63) is 0 Å². The van der Waals surface area contributed by atoms with E-state index in [9.17, 15) is 4.79 Å². The van der Waals surface area contributed by atoms with Crippen LogP contribution in [0.15, 0.2) is 0 Å². The van der Waals surface area contributed by atoms with Gasteiger partial charge in [-0.1, -0.05) is 0 Å². The fraction of sp³-hybridized carbons (Fsp3) is 0.800. The SMILES string of the molecule is CC1C(=O)O[C@H]1C. The molecule has 0 aromatic carbocycles. The zero-order chi connectivity index (χ0) is 5.44. The molecule has 2 heteroatoms.